The summed E-state index contributed by atoms with van der Waals surface area (Å²) >= 11 is -0.565. The number of nitrogens with one attached hydrogen (secondary N) is 2. The second-order valence-corrected chi connectivity index (χ2v) is 6.94. The summed E-state index contributed by atoms with van der Waals surface area (Å²) < 4.78 is 9.00. The normalized spacial score (nSPS) is 15.5. The molecule has 2 N–H and O–H groups in total. The topological polar surface area (TPSA) is 53.6 Å². The number of hydrogen-bond donors (Lipinski definition) is 2. The van der Waals surface area contributed by atoms with Gasteiger partial charge < -0.3 is 4.74 Å². The summed E-state index contributed by atoms with van der Waals surface area (Å²) in [4.78, 5) is 14.1. The third-order valence-electron chi connectivity index (χ3n) is 3.13. The predicted octanol–water partition coefficient (Wildman–Crippen LogP) is 2.83. The van der Waals surface area contributed by atoms with Crippen LogP contribution < -0.4 is 14.9 Å². The van der Waals surface area contributed by atoms with Crippen LogP contribution in [0, 0.1) is 6.92 Å². The number of aryl methyl sites for hydroxylation is 1. The van der Waals surface area contributed by atoms with Crippen molar-refractivity contribution in [2.24, 2.45) is 0 Å². The number of urea groups is 1. The zero-order chi connectivity index (χ0) is 15.7. The Balaban J connectivity index is 2.00. The maximum Gasteiger partial charge on any atom is 0.371 e. The van der Waals surface area contributed by atoms with Crippen molar-refractivity contribution in [2.45, 2.75) is 16.7 Å². The smallest absolute Gasteiger partial charge is 0.371 e. The average molecular weight is 316 g/mol. The molecule has 3 rings (SSSR count). The summed E-state index contributed by atoms with van der Waals surface area (Å²) in [5.74, 6) is 1.57. The lowest BCUT2D eigenvalue weighted by atomic mass is 10.2. The molecule has 6 heteroatoms. The predicted molar refractivity (Wildman–Crippen MR) is 86.9 cm³/mol. The van der Waals surface area contributed by atoms with E-state index in [9.17, 15) is 4.79 Å². The molecule has 5 nitrogen and oxygen atoms in total. The van der Waals surface area contributed by atoms with Gasteiger partial charge in [0.25, 0.3) is 0 Å². The molecule has 22 heavy (non-hydrogen) atoms. The summed E-state index contributed by atoms with van der Waals surface area (Å²) in [5.41, 5.74) is 3.85. The highest BCUT2D eigenvalue weighted by Crippen LogP contribution is 2.42. The van der Waals surface area contributed by atoms with Gasteiger partial charge in [-0.25, -0.2) is 9.80 Å². The van der Waals surface area contributed by atoms with Gasteiger partial charge in [0.1, 0.15) is 0 Å². The van der Waals surface area contributed by atoms with E-state index in [-0.39, 0.29) is 6.03 Å². The van der Waals surface area contributed by atoms with Crippen molar-refractivity contribution in [2.75, 3.05) is 14.1 Å². The number of amides is 2. The molecular weight excluding hydrogens is 298 g/mol. The molecule has 0 aromatic heterocycles. The lowest BCUT2D eigenvalue weighted by molar-refractivity contribution is 0.218. The van der Waals surface area contributed by atoms with Crippen LogP contribution in [0.3, 0.4) is 0 Å². The Morgan fingerprint density at radius 1 is 1.09 bits per heavy atom. The lowest BCUT2D eigenvalue weighted by Crippen LogP contribution is -2.46. The lowest BCUT2D eigenvalue weighted by Gasteiger charge is -2.20. The van der Waals surface area contributed by atoms with Crippen molar-refractivity contribution < 1.29 is 9.53 Å². The number of rotatable bonds is 2. The maximum absolute atomic E-state index is 12.1. The van der Waals surface area contributed by atoms with Crippen LogP contribution in [0.25, 0.3) is 0 Å². The van der Waals surface area contributed by atoms with Gasteiger partial charge in [-0.1, -0.05) is 18.2 Å². The van der Waals surface area contributed by atoms with Crippen LogP contribution in [0.2, 0.25) is 0 Å². The summed E-state index contributed by atoms with van der Waals surface area (Å²) in [6.07, 6.45) is 0. The number of benzene rings is 2. The third-order valence-corrected chi connectivity index (χ3v) is 5.05. The average Bonchev–Trinajstić information content (AvgIpc) is 2.47. The summed E-state index contributed by atoms with van der Waals surface area (Å²) in [7, 11) is 3.55. The molecule has 1 heterocycles. The molecule has 1 unspecified atom stereocenters. The Morgan fingerprint density at radius 2 is 1.82 bits per heavy atom. The Hall–Kier alpha value is -2.18. The number of hydrogen-bond acceptors (Lipinski definition) is 3. The molecule has 0 spiro atoms. The quantitative estimate of drug-likeness (QED) is 0.662. The molecule has 2 aromatic rings. The highest BCUT2D eigenvalue weighted by molar-refractivity contribution is 7.96. The fourth-order valence-electron chi connectivity index (χ4n) is 2.23. The van der Waals surface area contributed by atoms with Crippen LogP contribution in [0.5, 0.6) is 11.5 Å². The highest BCUT2D eigenvalue weighted by atomic mass is 32.2. The van der Waals surface area contributed by atoms with Crippen LogP contribution in [0.4, 0.5) is 4.79 Å². The van der Waals surface area contributed by atoms with Crippen LogP contribution in [-0.2, 0) is 11.1 Å². The molecule has 0 saturated carbocycles. The number of para-hydroxylation sites is 1. The molecule has 0 saturated heterocycles. The largest absolute Gasteiger partial charge is 0.447 e. The first-order valence-electron chi connectivity index (χ1n) is 6.91. The minimum atomic E-state index is -0.565. The summed E-state index contributed by atoms with van der Waals surface area (Å²) in [6, 6.07) is 13.6. The number of carbonyl (C=O) groups excluding carboxylic acids is 1. The standard InChI is InChI=1S/C16H17N3O2S/c1-11-8-9-13-15(10-11)22(18-16(20)17-19(2)3)14-7-5-4-6-12(14)21-13/h4-10H,1-3H3,(H-,17,18,20)/p+1. The van der Waals surface area contributed by atoms with Crippen molar-refractivity contribution in [3.8, 4) is 11.5 Å². The number of carbonyl (C=O) groups is 1. The van der Waals surface area contributed by atoms with Crippen molar-refractivity contribution in [1.29, 1.82) is 0 Å². The number of fused-ring (bicyclic) bond motifs is 2. The van der Waals surface area contributed by atoms with Crippen molar-refractivity contribution in [3.63, 3.8) is 0 Å². The first-order valence-corrected chi connectivity index (χ1v) is 8.13. The van der Waals surface area contributed by atoms with Gasteiger partial charge in [-0.2, -0.15) is 0 Å². The molecule has 0 fully saturated rings. The van der Waals surface area contributed by atoms with Gasteiger partial charge in [-0.15, -0.1) is 4.72 Å². The Kier molecular flexibility index (Phi) is 3.96. The molecule has 1 atom stereocenters. The number of nitrogens with zero attached hydrogens (tertiary/aromatic N) is 1. The fourth-order valence-corrected chi connectivity index (χ4v) is 4.06. The highest BCUT2D eigenvalue weighted by Gasteiger charge is 2.39. The van der Waals surface area contributed by atoms with E-state index in [1.54, 1.807) is 19.1 Å². The SMILES string of the molecule is Cc1ccc2c(c1)[S+](NC(=O)NN(C)C)c1ccccc1O2. The van der Waals surface area contributed by atoms with Crippen LogP contribution in [-0.4, -0.2) is 25.1 Å². The van der Waals surface area contributed by atoms with Gasteiger partial charge >= 0.3 is 6.03 Å². The number of hydrazine groups is 1. The number of ether oxygens (including phenoxy) is 1. The van der Waals surface area contributed by atoms with Gasteiger partial charge in [0.15, 0.2) is 22.6 Å². The van der Waals surface area contributed by atoms with Crippen molar-refractivity contribution in [3.05, 3.63) is 48.0 Å². The zero-order valence-electron chi connectivity index (χ0n) is 12.7. The minimum absolute atomic E-state index is 0.238. The van der Waals surface area contributed by atoms with E-state index in [1.807, 2.05) is 43.3 Å². The monoisotopic (exact) mass is 316 g/mol. The van der Waals surface area contributed by atoms with Crippen LogP contribution in [0.15, 0.2) is 52.3 Å². The van der Waals surface area contributed by atoms with Crippen molar-refractivity contribution in [1.82, 2.24) is 15.2 Å². The maximum atomic E-state index is 12.1. The van der Waals surface area contributed by atoms with E-state index in [2.05, 4.69) is 16.2 Å². The Labute approximate surface area is 132 Å². The fraction of sp³-hybridized carbons (Fsp3) is 0.188. The third kappa shape index (κ3) is 2.88. The van der Waals surface area contributed by atoms with Gasteiger partial charge in [-0.05, 0) is 24.6 Å². The van der Waals surface area contributed by atoms with E-state index < -0.39 is 11.1 Å². The summed E-state index contributed by atoms with van der Waals surface area (Å²) in [5, 5.41) is 1.61. The van der Waals surface area contributed by atoms with Crippen LogP contribution >= 0.6 is 0 Å². The first-order chi connectivity index (χ1) is 10.5. The molecule has 1 aliphatic rings. The second-order valence-electron chi connectivity index (χ2n) is 5.24. The Bertz CT molecular complexity index is 718. The molecular formula is C16H18N3O2S+. The van der Waals surface area contributed by atoms with E-state index in [1.165, 1.54) is 0 Å². The minimum Gasteiger partial charge on any atom is -0.447 e. The van der Waals surface area contributed by atoms with Crippen molar-refractivity contribution >= 4 is 17.1 Å². The molecule has 2 amide bonds. The molecule has 0 bridgehead atoms. The van der Waals surface area contributed by atoms with Gasteiger partial charge in [0.05, 0.1) is 0 Å². The van der Waals surface area contributed by atoms with E-state index in [0.717, 1.165) is 26.9 Å². The van der Waals surface area contributed by atoms with E-state index >= 15 is 0 Å². The summed E-state index contributed by atoms with van der Waals surface area (Å²) in [6.45, 7) is 2.03. The van der Waals surface area contributed by atoms with Gasteiger partial charge in [0.2, 0.25) is 9.79 Å². The van der Waals surface area contributed by atoms with E-state index in [4.69, 9.17) is 4.74 Å². The second kappa shape index (κ2) is 5.90. The molecule has 0 radical (unpaired) electrons. The van der Waals surface area contributed by atoms with Gasteiger partial charge in [0, 0.05) is 26.2 Å². The van der Waals surface area contributed by atoms with E-state index in [0.29, 0.717) is 0 Å². The molecule has 2 aromatic carbocycles. The van der Waals surface area contributed by atoms with Crippen LogP contribution in [0.1, 0.15) is 5.56 Å². The molecule has 0 aliphatic carbocycles. The van der Waals surface area contributed by atoms with Gasteiger partial charge in [-0.3, -0.25) is 5.43 Å². The Morgan fingerprint density at radius 3 is 2.59 bits per heavy atom. The molecule has 1 aliphatic heterocycles. The molecule has 114 valence electrons. The zero-order valence-corrected chi connectivity index (χ0v) is 13.5. The first kappa shape index (κ1) is 14.7.